The molecule has 2 N–H and O–H groups in total. The number of hydrogen-bond donors (Lipinski definition) is 2. The third kappa shape index (κ3) is 6.12. The number of aliphatic hydroxyl groups excluding tert-OH is 1. The second-order valence-electron chi connectivity index (χ2n) is 12.0. The fourth-order valence-corrected chi connectivity index (χ4v) is 6.60. The molecule has 0 aromatic heterocycles. The van der Waals surface area contributed by atoms with Crippen molar-refractivity contribution in [1.29, 1.82) is 0 Å². The normalized spacial score (nSPS) is 28.4. The van der Waals surface area contributed by atoms with Gasteiger partial charge in [-0.25, -0.2) is 0 Å². The first-order chi connectivity index (χ1) is 18.9. The zero-order chi connectivity index (χ0) is 29.8. The highest BCUT2D eigenvalue weighted by molar-refractivity contribution is 5.98. The molecule has 1 spiro atoms. The van der Waals surface area contributed by atoms with Gasteiger partial charge in [-0.2, -0.15) is 0 Å². The van der Waals surface area contributed by atoms with Gasteiger partial charge in [-0.05, 0) is 52.4 Å². The summed E-state index contributed by atoms with van der Waals surface area (Å²) in [6.07, 6.45) is 4.48. The van der Waals surface area contributed by atoms with Gasteiger partial charge >= 0.3 is 5.97 Å². The lowest BCUT2D eigenvalue weighted by atomic mass is 9.70. The standard InChI is InChI=1S/C30H47N3O7/c1-8-10-11-23(35)31-16-20(7)39-29(38)24-22-12-13-30(40-22)25(24)27(36)33(21(17-34)15-18(3)4)26(30)28(37)32(14-9-2)19(5)6/h8-9,18-22,24-26,34H,1-2,10-17H2,3-7H3,(H,31,35)/t20-,21+,22+,24-,25-,26+,30-/m0/s1. The SMILES string of the molecule is C=CCCC(=O)NC[C@H](C)OC(=O)[C@@H]1[C@H]2C(=O)N([C@@H](CO)CC(C)C)[C@H](C(=O)N(CC=C)C(C)C)[C@]23CC[C@H]1O3. The number of rotatable bonds is 15. The molecule has 10 nitrogen and oxygen atoms in total. The first kappa shape index (κ1) is 31.8. The number of carbonyl (C=O) groups is 4. The van der Waals surface area contributed by atoms with Gasteiger partial charge in [-0.3, -0.25) is 19.2 Å². The number of likely N-dealkylation sites (tertiary alicyclic amines) is 1. The Bertz CT molecular complexity index is 982. The molecular weight excluding hydrogens is 514 g/mol. The van der Waals surface area contributed by atoms with Crippen molar-refractivity contribution in [3.63, 3.8) is 0 Å². The lowest BCUT2D eigenvalue weighted by Gasteiger charge is -2.40. The van der Waals surface area contributed by atoms with Crippen LogP contribution in [0.25, 0.3) is 0 Å². The van der Waals surface area contributed by atoms with E-state index in [9.17, 15) is 24.3 Å². The van der Waals surface area contributed by atoms with E-state index in [0.29, 0.717) is 38.6 Å². The van der Waals surface area contributed by atoms with Gasteiger partial charge in [0.2, 0.25) is 17.7 Å². The van der Waals surface area contributed by atoms with E-state index in [0.717, 1.165) is 0 Å². The predicted octanol–water partition coefficient (Wildman–Crippen LogP) is 2.21. The number of nitrogens with zero attached hydrogens (tertiary/aromatic N) is 2. The summed E-state index contributed by atoms with van der Waals surface area (Å²) < 4.78 is 12.2. The molecule has 224 valence electrons. The summed E-state index contributed by atoms with van der Waals surface area (Å²) in [6.45, 7) is 17.0. The van der Waals surface area contributed by atoms with Crippen LogP contribution >= 0.6 is 0 Å². The summed E-state index contributed by atoms with van der Waals surface area (Å²) in [4.78, 5) is 57.1. The van der Waals surface area contributed by atoms with Crippen LogP contribution in [0.15, 0.2) is 25.3 Å². The Kier molecular flexibility index (Phi) is 10.6. The highest BCUT2D eigenvalue weighted by atomic mass is 16.6. The van der Waals surface area contributed by atoms with Crippen LogP contribution in [0.4, 0.5) is 0 Å². The summed E-state index contributed by atoms with van der Waals surface area (Å²) in [5.41, 5.74) is -1.18. The van der Waals surface area contributed by atoms with Gasteiger partial charge in [0.05, 0.1) is 37.1 Å². The molecule has 3 saturated heterocycles. The Labute approximate surface area is 238 Å². The summed E-state index contributed by atoms with van der Waals surface area (Å²) in [7, 11) is 0. The van der Waals surface area contributed by atoms with Gasteiger partial charge in [-0.1, -0.05) is 26.0 Å². The Morgan fingerprint density at radius 2 is 1.93 bits per heavy atom. The minimum absolute atomic E-state index is 0.142. The molecule has 0 radical (unpaired) electrons. The lowest BCUT2D eigenvalue weighted by molar-refractivity contribution is -0.160. The van der Waals surface area contributed by atoms with Gasteiger partial charge < -0.3 is 29.7 Å². The predicted molar refractivity (Wildman–Crippen MR) is 150 cm³/mol. The number of allylic oxidation sites excluding steroid dienone is 1. The Morgan fingerprint density at radius 1 is 1.23 bits per heavy atom. The van der Waals surface area contributed by atoms with E-state index in [1.807, 2.05) is 27.7 Å². The van der Waals surface area contributed by atoms with Crippen molar-refractivity contribution in [2.45, 2.75) is 103 Å². The molecular formula is C30H47N3O7. The van der Waals surface area contributed by atoms with E-state index >= 15 is 0 Å². The molecule has 10 heteroatoms. The van der Waals surface area contributed by atoms with Crippen LogP contribution < -0.4 is 5.32 Å². The highest BCUT2D eigenvalue weighted by Crippen LogP contribution is 2.59. The van der Waals surface area contributed by atoms with Crippen molar-refractivity contribution >= 4 is 23.7 Å². The third-order valence-electron chi connectivity index (χ3n) is 8.30. The Hall–Kier alpha value is -2.72. The summed E-state index contributed by atoms with van der Waals surface area (Å²) in [5, 5.41) is 13.1. The first-order valence-electron chi connectivity index (χ1n) is 14.5. The number of amides is 3. The van der Waals surface area contributed by atoms with Crippen LogP contribution in [0.1, 0.15) is 66.7 Å². The highest BCUT2D eigenvalue weighted by Gasteiger charge is 2.75. The van der Waals surface area contributed by atoms with Crippen LogP contribution in [0.3, 0.4) is 0 Å². The van der Waals surface area contributed by atoms with Crippen LogP contribution in [0.5, 0.6) is 0 Å². The van der Waals surface area contributed by atoms with E-state index in [1.165, 1.54) is 4.90 Å². The molecule has 3 fully saturated rings. The molecule has 0 unspecified atom stereocenters. The van der Waals surface area contributed by atoms with Gasteiger partial charge in [-0.15, -0.1) is 13.2 Å². The smallest absolute Gasteiger partial charge is 0.312 e. The van der Waals surface area contributed by atoms with Crippen molar-refractivity contribution in [3.05, 3.63) is 25.3 Å². The van der Waals surface area contributed by atoms with Crippen molar-refractivity contribution in [2.75, 3.05) is 19.7 Å². The third-order valence-corrected chi connectivity index (χ3v) is 8.30. The lowest BCUT2D eigenvalue weighted by Crippen LogP contribution is -2.59. The first-order valence-corrected chi connectivity index (χ1v) is 14.5. The number of esters is 1. The van der Waals surface area contributed by atoms with Crippen LogP contribution in [0.2, 0.25) is 0 Å². The number of fused-ring (bicyclic) bond motifs is 1. The second-order valence-corrected chi connectivity index (χ2v) is 12.0. The minimum Gasteiger partial charge on any atom is -0.460 e. The fourth-order valence-electron chi connectivity index (χ4n) is 6.60. The number of hydrogen-bond acceptors (Lipinski definition) is 7. The summed E-state index contributed by atoms with van der Waals surface area (Å²) >= 11 is 0. The average molecular weight is 562 g/mol. The molecule has 0 saturated carbocycles. The molecule has 0 aliphatic carbocycles. The topological polar surface area (TPSA) is 125 Å². The van der Waals surface area contributed by atoms with E-state index in [2.05, 4.69) is 18.5 Å². The van der Waals surface area contributed by atoms with E-state index in [-0.39, 0.29) is 42.8 Å². The van der Waals surface area contributed by atoms with Crippen LogP contribution in [0, 0.1) is 17.8 Å². The molecule has 2 bridgehead atoms. The molecule has 40 heavy (non-hydrogen) atoms. The van der Waals surface area contributed by atoms with Crippen LogP contribution in [-0.4, -0.2) is 94.2 Å². The maximum atomic E-state index is 14.2. The van der Waals surface area contributed by atoms with E-state index in [4.69, 9.17) is 9.47 Å². The average Bonchev–Trinajstić information content (AvgIpc) is 3.54. The van der Waals surface area contributed by atoms with Gasteiger partial charge in [0.25, 0.3) is 0 Å². The number of aliphatic hydroxyl groups is 1. The molecule has 3 heterocycles. The van der Waals surface area contributed by atoms with Gasteiger partial charge in [0.1, 0.15) is 17.7 Å². The van der Waals surface area contributed by atoms with Gasteiger partial charge in [0, 0.05) is 19.0 Å². The van der Waals surface area contributed by atoms with E-state index < -0.39 is 47.7 Å². The van der Waals surface area contributed by atoms with Crippen LogP contribution in [-0.2, 0) is 28.7 Å². The van der Waals surface area contributed by atoms with E-state index in [1.54, 1.807) is 24.0 Å². The maximum Gasteiger partial charge on any atom is 0.312 e. The monoisotopic (exact) mass is 561 g/mol. The molecule has 0 aromatic rings. The summed E-state index contributed by atoms with van der Waals surface area (Å²) in [5.74, 6) is -2.95. The Morgan fingerprint density at radius 3 is 2.50 bits per heavy atom. The zero-order valence-electron chi connectivity index (χ0n) is 24.6. The molecule has 3 aliphatic rings. The molecule has 3 aliphatic heterocycles. The molecule has 3 rings (SSSR count). The minimum atomic E-state index is -1.18. The number of nitrogens with one attached hydrogen (secondary N) is 1. The number of carbonyl (C=O) groups excluding carboxylic acids is 4. The van der Waals surface area contributed by atoms with Crippen molar-refractivity contribution in [3.8, 4) is 0 Å². The van der Waals surface area contributed by atoms with Crippen molar-refractivity contribution < 1.29 is 33.8 Å². The second kappa shape index (κ2) is 13.3. The zero-order valence-corrected chi connectivity index (χ0v) is 24.6. The van der Waals surface area contributed by atoms with Crippen molar-refractivity contribution in [1.82, 2.24) is 15.1 Å². The maximum absolute atomic E-state index is 14.2. The quantitative estimate of drug-likeness (QED) is 0.232. The fraction of sp³-hybridized carbons (Fsp3) is 0.733. The van der Waals surface area contributed by atoms with Crippen molar-refractivity contribution in [2.24, 2.45) is 17.8 Å². The Balaban J connectivity index is 1.91. The molecule has 7 atom stereocenters. The molecule has 3 amide bonds. The molecule has 0 aromatic carbocycles. The van der Waals surface area contributed by atoms with Gasteiger partial charge in [0.15, 0.2) is 0 Å². The largest absolute Gasteiger partial charge is 0.460 e. The number of ether oxygens (including phenoxy) is 2. The summed E-state index contributed by atoms with van der Waals surface area (Å²) in [6, 6.07) is -1.71.